The van der Waals surface area contributed by atoms with E-state index < -0.39 is 13.0 Å². The van der Waals surface area contributed by atoms with E-state index in [0.29, 0.717) is 12.3 Å². The summed E-state index contributed by atoms with van der Waals surface area (Å²) in [5.41, 5.74) is 7.22. The molecule has 92 valence electrons. The third-order valence-corrected chi connectivity index (χ3v) is 1.94. The van der Waals surface area contributed by atoms with Crippen molar-refractivity contribution in [2.24, 2.45) is 5.73 Å². The third-order valence-electron chi connectivity index (χ3n) is 1.94. The molecule has 0 spiro atoms. The van der Waals surface area contributed by atoms with Crippen LogP contribution in [0.5, 0.6) is 5.75 Å². The van der Waals surface area contributed by atoms with Crippen molar-refractivity contribution >= 4 is 18.1 Å². The Labute approximate surface area is 99.4 Å². The lowest BCUT2D eigenvalue weighted by atomic mass is 10.1. The van der Waals surface area contributed by atoms with Crippen molar-refractivity contribution in [2.45, 2.75) is 13.0 Å². The normalized spacial score (nSPS) is 9.81. The Bertz CT molecular complexity index is 324. The maximum Gasteiger partial charge on any atom is 0.272 e. The quantitative estimate of drug-likeness (QED) is 0.845. The highest BCUT2D eigenvalue weighted by Crippen LogP contribution is 2.21. The number of nitrogens with two attached hydrogens (primary N) is 1. The molecule has 0 heterocycles. The van der Waals surface area contributed by atoms with Crippen LogP contribution in [0.4, 0.5) is 14.5 Å². The first-order valence-electron chi connectivity index (χ1n) is 4.59. The van der Waals surface area contributed by atoms with E-state index in [1.807, 2.05) is 0 Å². The van der Waals surface area contributed by atoms with Crippen molar-refractivity contribution in [1.29, 1.82) is 0 Å². The molecule has 0 aliphatic rings. The van der Waals surface area contributed by atoms with Crippen LogP contribution in [0, 0.1) is 0 Å². The number of hydrogen-bond donors (Lipinski definition) is 2. The van der Waals surface area contributed by atoms with Crippen molar-refractivity contribution in [3.63, 3.8) is 0 Å². The number of ether oxygens (including phenoxy) is 1. The van der Waals surface area contributed by atoms with E-state index in [4.69, 9.17) is 10.5 Å². The van der Waals surface area contributed by atoms with Gasteiger partial charge in [-0.25, -0.2) is 8.78 Å². The van der Waals surface area contributed by atoms with Gasteiger partial charge >= 0.3 is 0 Å². The monoisotopic (exact) mass is 252 g/mol. The first kappa shape index (κ1) is 14.9. The van der Waals surface area contributed by atoms with Gasteiger partial charge in [0.15, 0.2) is 0 Å². The molecule has 0 saturated carbocycles. The molecule has 1 aromatic carbocycles. The van der Waals surface area contributed by atoms with Crippen LogP contribution in [0.3, 0.4) is 0 Å². The molecule has 1 aromatic rings. The van der Waals surface area contributed by atoms with E-state index >= 15 is 0 Å². The zero-order valence-corrected chi connectivity index (χ0v) is 9.69. The minimum atomic E-state index is -2.46. The lowest BCUT2D eigenvalue weighted by Crippen LogP contribution is -2.08. The number of nitrogens with one attached hydrogen (secondary N) is 1. The van der Waals surface area contributed by atoms with Crippen molar-refractivity contribution in [3.05, 3.63) is 23.8 Å². The molecule has 3 nitrogen and oxygen atoms in total. The molecule has 0 amide bonds. The van der Waals surface area contributed by atoms with Gasteiger partial charge in [0, 0.05) is 19.3 Å². The average Bonchev–Trinajstić information content (AvgIpc) is 2.25. The van der Waals surface area contributed by atoms with E-state index in [-0.39, 0.29) is 12.4 Å². The predicted octanol–water partition coefficient (Wildman–Crippen LogP) is 2.25. The van der Waals surface area contributed by atoms with Crippen molar-refractivity contribution < 1.29 is 13.5 Å². The van der Waals surface area contributed by atoms with Crippen LogP contribution >= 0.6 is 12.4 Å². The summed E-state index contributed by atoms with van der Waals surface area (Å²) in [5, 5.41) is 2.95. The maximum atomic E-state index is 11.9. The van der Waals surface area contributed by atoms with Gasteiger partial charge in [-0.05, 0) is 23.8 Å². The number of hydrogen-bond acceptors (Lipinski definition) is 3. The minimum absolute atomic E-state index is 0. The molecular weight excluding hydrogens is 238 g/mol. The van der Waals surface area contributed by atoms with Crippen LogP contribution < -0.4 is 15.8 Å². The van der Waals surface area contributed by atoms with Gasteiger partial charge < -0.3 is 15.8 Å². The Kier molecular flexibility index (Phi) is 6.76. The van der Waals surface area contributed by atoms with Gasteiger partial charge in [0.1, 0.15) is 12.4 Å². The fourth-order valence-corrected chi connectivity index (χ4v) is 1.23. The summed E-state index contributed by atoms with van der Waals surface area (Å²) in [6.45, 7) is -0.259. The SMILES string of the molecule is CNc1ccc(OCC(F)F)cc1CN.Cl. The number of rotatable bonds is 5. The van der Waals surface area contributed by atoms with Crippen LogP contribution in [0.1, 0.15) is 5.56 Å². The molecule has 3 N–H and O–H groups in total. The summed E-state index contributed by atoms with van der Waals surface area (Å²) in [6.07, 6.45) is -2.46. The molecule has 0 saturated heterocycles. The first-order chi connectivity index (χ1) is 7.17. The first-order valence-corrected chi connectivity index (χ1v) is 4.59. The number of benzene rings is 1. The molecule has 0 atom stereocenters. The molecular formula is C10H15ClF2N2O. The standard InChI is InChI=1S/C10H14F2N2O.ClH/c1-14-9-3-2-8(4-7(9)5-13)15-6-10(11)12;/h2-4,10,14H,5-6,13H2,1H3;1H. The van der Waals surface area contributed by atoms with Gasteiger partial charge in [0.2, 0.25) is 0 Å². The van der Waals surface area contributed by atoms with E-state index in [1.54, 1.807) is 25.2 Å². The number of anilines is 1. The van der Waals surface area contributed by atoms with Crippen molar-refractivity contribution in [2.75, 3.05) is 19.0 Å². The Morgan fingerprint density at radius 1 is 1.44 bits per heavy atom. The van der Waals surface area contributed by atoms with Crippen molar-refractivity contribution in [1.82, 2.24) is 0 Å². The Morgan fingerprint density at radius 3 is 2.62 bits per heavy atom. The fraction of sp³-hybridized carbons (Fsp3) is 0.400. The Hall–Kier alpha value is -1.07. The molecule has 0 aliphatic heterocycles. The molecule has 1 rings (SSSR count). The van der Waals surface area contributed by atoms with Crippen LogP contribution in [-0.4, -0.2) is 20.1 Å². The highest BCUT2D eigenvalue weighted by Gasteiger charge is 2.05. The van der Waals surface area contributed by atoms with E-state index in [2.05, 4.69) is 5.32 Å². The van der Waals surface area contributed by atoms with E-state index in [0.717, 1.165) is 11.3 Å². The molecule has 0 unspecified atom stereocenters. The summed E-state index contributed by atoms with van der Waals surface area (Å²) in [6, 6.07) is 5.05. The summed E-state index contributed by atoms with van der Waals surface area (Å²) >= 11 is 0. The maximum absolute atomic E-state index is 11.9. The second-order valence-electron chi connectivity index (χ2n) is 2.98. The smallest absolute Gasteiger partial charge is 0.272 e. The number of halogens is 3. The topological polar surface area (TPSA) is 47.3 Å². The zero-order valence-electron chi connectivity index (χ0n) is 8.87. The molecule has 6 heteroatoms. The lowest BCUT2D eigenvalue weighted by Gasteiger charge is -2.10. The van der Waals surface area contributed by atoms with Gasteiger partial charge in [-0.2, -0.15) is 0 Å². The average molecular weight is 253 g/mol. The second kappa shape index (κ2) is 7.24. The number of alkyl halides is 2. The largest absolute Gasteiger partial charge is 0.488 e. The summed E-state index contributed by atoms with van der Waals surface area (Å²) in [4.78, 5) is 0. The molecule has 0 bridgehead atoms. The molecule has 16 heavy (non-hydrogen) atoms. The summed E-state index contributed by atoms with van der Waals surface area (Å²) in [7, 11) is 1.77. The predicted molar refractivity (Wildman–Crippen MR) is 62.6 cm³/mol. The van der Waals surface area contributed by atoms with E-state index in [1.165, 1.54) is 0 Å². The van der Waals surface area contributed by atoms with Crippen molar-refractivity contribution in [3.8, 4) is 5.75 Å². The van der Waals surface area contributed by atoms with Gasteiger partial charge in [0.05, 0.1) is 0 Å². The van der Waals surface area contributed by atoms with Gasteiger partial charge in [0.25, 0.3) is 6.43 Å². The molecule has 0 radical (unpaired) electrons. The molecule has 0 aromatic heterocycles. The fourth-order valence-electron chi connectivity index (χ4n) is 1.23. The lowest BCUT2D eigenvalue weighted by molar-refractivity contribution is 0.0819. The van der Waals surface area contributed by atoms with Crippen LogP contribution in [-0.2, 0) is 6.54 Å². The van der Waals surface area contributed by atoms with Crippen LogP contribution in [0.15, 0.2) is 18.2 Å². The Balaban J connectivity index is 0.00000225. The highest BCUT2D eigenvalue weighted by molar-refractivity contribution is 5.85. The van der Waals surface area contributed by atoms with E-state index in [9.17, 15) is 8.78 Å². The highest BCUT2D eigenvalue weighted by atomic mass is 35.5. The zero-order chi connectivity index (χ0) is 11.3. The summed E-state index contributed by atoms with van der Waals surface area (Å²) < 4.78 is 28.6. The second-order valence-corrected chi connectivity index (χ2v) is 2.98. The summed E-state index contributed by atoms with van der Waals surface area (Å²) in [5.74, 6) is 0.412. The van der Waals surface area contributed by atoms with Crippen LogP contribution in [0.25, 0.3) is 0 Å². The van der Waals surface area contributed by atoms with Gasteiger partial charge in [-0.15, -0.1) is 12.4 Å². The Morgan fingerprint density at radius 2 is 2.12 bits per heavy atom. The van der Waals surface area contributed by atoms with Gasteiger partial charge in [-0.3, -0.25) is 0 Å². The molecule has 0 aliphatic carbocycles. The van der Waals surface area contributed by atoms with Gasteiger partial charge in [-0.1, -0.05) is 0 Å². The van der Waals surface area contributed by atoms with Crippen LogP contribution in [0.2, 0.25) is 0 Å². The minimum Gasteiger partial charge on any atom is -0.488 e. The molecule has 0 fully saturated rings. The third kappa shape index (κ3) is 4.20.